The Hall–Kier alpha value is -1.69. The van der Waals surface area contributed by atoms with E-state index in [-0.39, 0.29) is 5.69 Å². The van der Waals surface area contributed by atoms with E-state index in [0.717, 1.165) is 19.5 Å². The van der Waals surface area contributed by atoms with Gasteiger partial charge in [-0.25, -0.2) is 4.98 Å². The molecule has 1 N–H and O–H groups in total. The highest BCUT2D eigenvalue weighted by Gasteiger charge is 2.17. The summed E-state index contributed by atoms with van der Waals surface area (Å²) in [5.74, 6) is 0.705. The lowest BCUT2D eigenvalue weighted by Gasteiger charge is -2.30. The van der Waals surface area contributed by atoms with Crippen molar-refractivity contribution in [1.29, 1.82) is 0 Å². The Labute approximate surface area is 99.8 Å². The first-order valence-corrected chi connectivity index (χ1v) is 5.70. The molecule has 1 aliphatic heterocycles. The second kappa shape index (κ2) is 5.09. The minimum Gasteiger partial charge on any atom is -0.366 e. The molecule has 6 nitrogen and oxygen atoms in total. The lowest BCUT2D eigenvalue weighted by molar-refractivity contribution is -0.385. The van der Waals surface area contributed by atoms with Gasteiger partial charge in [0.25, 0.3) is 5.69 Å². The van der Waals surface area contributed by atoms with Crippen LogP contribution in [0.15, 0.2) is 18.3 Å². The van der Waals surface area contributed by atoms with Gasteiger partial charge in [0, 0.05) is 18.7 Å². The number of nitro groups is 1. The normalized spacial score (nSPS) is 21.1. The molecule has 2 heterocycles. The zero-order chi connectivity index (χ0) is 12.3. The van der Waals surface area contributed by atoms with Gasteiger partial charge in [-0.2, -0.15) is 0 Å². The second-order valence-corrected chi connectivity index (χ2v) is 4.40. The Morgan fingerprint density at radius 2 is 2.41 bits per heavy atom. The van der Waals surface area contributed by atoms with Crippen LogP contribution in [0.3, 0.4) is 0 Å². The molecule has 6 heteroatoms. The molecule has 0 saturated carbocycles. The third-order valence-electron chi connectivity index (χ3n) is 2.94. The van der Waals surface area contributed by atoms with Crippen LogP contribution in [-0.4, -0.2) is 41.0 Å². The monoisotopic (exact) mass is 236 g/mol. The summed E-state index contributed by atoms with van der Waals surface area (Å²) >= 11 is 0. The Morgan fingerprint density at radius 1 is 1.59 bits per heavy atom. The summed E-state index contributed by atoms with van der Waals surface area (Å²) in [7, 11) is 2.09. The first-order chi connectivity index (χ1) is 8.15. The Morgan fingerprint density at radius 3 is 3.00 bits per heavy atom. The number of nitrogens with zero attached hydrogens (tertiary/aromatic N) is 3. The molecule has 0 aromatic carbocycles. The highest BCUT2D eigenvalue weighted by molar-refractivity contribution is 5.41. The van der Waals surface area contributed by atoms with Gasteiger partial charge in [0.15, 0.2) is 0 Å². The lowest BCUT2D eigenvalue weighted by atomic mass is 10.1. The largest absolute Gasteiger partial charge is 0.366 e. The molecule has 1 aromatic rings. The molecule has 92 valence electrons. The van der Waals surface area contributed by atoms with Gasteiger partial charge in [0.2, 0.25) is 0 Å². The number of hydrogen-bond donors (Lipinski definition) is 1. The number of anilines is 1. The van der Waals surface area contributed by atoms with E-state index in [2.05, 4.69) is 22.2 Å². The molecule has 0 radical (unpaired) electrons. The van der Waals surface area contributed by atoms with Crippen molar-refractivity contribution in [1.82, 2.24) is 9.88 Å². The summed E-state index contributed by atoms with van der Waals surface area (Å²) < 4.78 is 0. The molecular weight excluding hydrogens is 220 g/mol. The molecule has 0 amide bonds. The van der Waals surface area contributed by atoms with E-state index >= 15 is 0 Å². The summed E-state index contributed by atoms with van der Waals surface area (Å²) in [5.41, 5.74) is 0.0244. The number of hydrogen-bond acceptors (Lipinski definition) is 5. The number of likely N-dealkylation sites (N-methyl/N-ethyl adjacent to an activating group) is 1. The van der Waals surface area contributed by atoms with Gasteiger partial charge in [-0.3, -0.25) is 10.1 Å². The van der Waals surface area contributed by atoms with Crippen LogP contribution in [0.25, 0.3) is 0 Å². The van der Waals surface area contributed by atoms with Gasteiger partial charge in [0.1, 0.15) is 12.0 Å². The number of rotatable bonds is 3. The molecule has 0 spiro atoms. The van der Waals surface area contributed by atoms with Gasteiger partial charge in [0.05, 0.1) is 4.92 Å². The maximum Gasteiger partial charge on any atom is 0.287 e. The Balaban J connectivity index is 1.96. The predicted molar refractivity (Wildman–Crippen MR) is 65.0 cm³/mol. The molecule has 1 unspecified atom stereocenters. The highest BCUT2D eigenvalue weighted by atomic mass is 16.6. The zero-order valence-corrected chi connectivity index (χ0v) is 9.80. The van der Waals surface area contributed by atoms with E-state index in [4.69, 9.17) is 0 Å². The Kier molecular flexibility index (Phi) is 3.53. The SMILES string of the molecule is CN1CCCC(Nc2ccc([N+](=O)[O-])cn2)C1. The van der Waals surface area contributed by atoms with Crippen LogP contribution < -0.4 is 5.32 Å². The van der Waals surface area contributed by atoms with Crippen LogP contribution in [0, 0.1) is 10.1 Å². The topological polar surface area (TPSA) is 71.3 Å². The minimum atomic E-state index is -0.439. The van der Waals surface area contributed by atoms with Crippen LogP contribution in [0.1, 0.15) is 12.8 Å². The fourth-order valence-electron chi connectivity index (χ4n) is 2.07. The summed E-state index contributed by atoms with van der Waals surface area (Å²) in [6, 6.07) is 3.51. The van der Waals surface area contributed by atoms with Crippen LogP contribution in [0.2, 0.25) is 0 Å². The molecule has 1 saturated heterocycles. The van der Waals surface area contributed by atoms with E-state index in [1.165, 1.54) is 18.7 Å². The van der Waals surface area contributed by atoms with Crippen LogP contribution in [0.5, 0.6) is 0 Å². The number of likely N-dealkylation sites (tertiary alicyclic amines) is 1. The molecule has 0 bridgehead atoms. The molecule has 1 aromatic heterocycles. The standard InChI is InChI=1S/C11H16N4O2/c1-14-6-2-3-9(8-14)13-11-5-4-10(7-12-11)15(16)17/h4-5,7,9H,2-3,6,8H2,1H3,(H,12,13). The van der Waals surface area contributed by atoms with Gasteiger partial charge >= 0.3 is 0 Å². The maximum absolute atomic E-state index is 10.5. The van der Waals surface area contributed by atoms with E-state index in [1.807, 2.05) is 0 Å². The van der Waals surface area contributed by atoms with Crippen molar-refractivity contribution in [3.05, 3.63) is 28.4 Å². The second-order valence-electron chi connectivity index (χ2n) is 4.40. The summed E-state index contributed by atoms with van der Waals surface area (Å²) in [4.78, 5) is 16.4. The minimum absolute atomic E-state index is 0.0244. The van der Waals surface area contributed by atoms with Crippen LogP contribution in [0.4, 0.5) is 11.5 Å². The molecule has 1 atom stereocenters. The molecule has 0 aliphatic carbocycles. The third kappa shape index (κ3) is 3.13. The van der Waals surface area contributed by atoms with Gasteiger partial charge in [-0.15, -0.1) is 0 Å². The quantitative estimate of drug-likeness (QED) is 0.636. The van der Waals surface area contributed by atoms with Crippen molar-refractivity contribution in [3.63, 3.8) is 0 Å². The van der Waals surface area contributed by atoms with E-state index in [1.54, 1.807) is 6.07 Å². The van der Waals surface area contributed by atoms with Gasteiger partial charge < -0.3 is 10.2 Å². The van der Waals surface area contributed by atoms with Gasteiger partial charge in [-0.05, 0) is 32.5 Å². The number of nitrogens with one attached hydrogen (secondary N) is 1. The van der Waals surface area contributed by atoms with E-state index in [0.29, 0.717) is 11.9 Å². The average molecular weight is 236 g/mol. The average Bonchev–Trinajstić information content (AvgIpc) is 2.29. The molecule has 2 rings (SSSR count). The van der Waals surface area contributed by atoms with Crippen molar-refractivity contribution in [3.8, 4) is 0 Å². The zero-order valence-electron chi connectivity index (χ0n) is 9.80. The van der Waals surface area contributed by atoms with Crippen molar-refractivity contribution in [2.24, 2.45) is 0 Å². The van der Waals surface area contributed by atoms with Crippen LogP contribution in [-0.2, 0) is 0 Å². The van der Waals surface area contributed by atoms with Crippen molar-refractivity contribution in [2.45, 2.75) is 18.9 Å². The lowest BCUT2D eigenvalue weighted by Crippen LogP contribution is -2.39. The Bertz CT molecular complexity index is 393. The smallest absolute Gasteiger partial charge is 0.287 e. The highest BCUT2D eigenvalue weighted by Crippen LogP contribution is 2.16. The maximum atomic E-state index is 10.5. The van der Waals surface area contributed by atoms with Crippen molar-refractivity contribution >= 4 is 11.5 Å². The van der Waals surface area contributed by atoms with E-state index in [9.17, 15) is 10.1 Å². The molecule has 1 fully saturated rings. The predicted octanol–water partition coefficient (Wildman–Crippen LogP) is 1.50. The van der Waals surface area contributed by atoms with Gasteiger partial charge in [-0.1, -0.05) is 0 Å². The molecule has 1 aliphatic rings. The van der Waals surface area contributed by atoms with Crippen molar-refractivity contribution in [2.75, 3.05) is 25.5 Å². The molecular formula is C11H16N4O2. The van der Waals surface area contributed by atoms with Crippen LogP contribution >= 0.6 is 0 Å². The van der Waals surface area contributed by atoms with Crippen molar-refractivity contribution < 1.29 is 4.92 Å². The first kappa shape index (κ1) is 11.8. The summed E-state index contributed by atoms with van der Waals surface area (Å²) in [5, 5.41) is 13.8. The fourth-order valence-corrected chi connectivity index (χ4v) is 2.07. The third-order valence-corrected chi connectivity index (χ3v) is 2.94. The number of piperidine rings is 1. The molecule has 17 heavy (non-hydrogen) atoms. The number of pyridine rings is 1. The summed E-state index contributed by atoms with van der Waals surface area (Å²) in [6.45, 7) is 2.12. The first-order valence-electron chi connectivity index (χ1n) is 5.70. The van der Waals surface area contributed by atoms with E-state index < -0.39 is 4.92 Å². The fraction of sp³-hybridized carbons (Fsp3) is 0.545. The summed E-state index contributed by atoms with van der Waals surface area (Å²) in [6.07, 6.45) is 3.57. The number of aromatic nitrogens is 1.